The van der Waals surface area contributed by atoms with E-state index >= 15 is 0 Å². The third-order valence-electron chi connectivity index (χ3n) is 4.99. The lowest BCUT2D eigenvalue weighted by Crippen LogP contribution is -2.52. The summed E-state index contributed by atoms with van der Waals surface area (Å²) in [7, 11) is 0. The number of rotatable bonds is 5. The van der Waals surface area contributed by atoms with Gasteiger partial charge in [0.1, 0.15) is 16.4 Å². The van der Waals surface area contributed by atoms with Gasteiger partial charge >= 0.3 is 5.88 Å². The van der Waals surface area contributed by atoms with Gasteiger partial charge in [-0.25, -0.2) is 5.01 Å². The van der Waals surface area contributed by atoms with Gasteiger partial charge in [-0.15, -0.1) is 5.10 Å². The van der Waals surface area contributed by atoms with Crippen LogP contribution in [0, 0.1) is 10.1 Å². The van der Waals surface area contributed by atoms with Crippen LogP contribution in [0.25, 0.3) is 11.8 Å². The predicted molar refractivity (Wildman–Crippen MR) is 124 cm³/mol. The number of benzene rings is 2. The second-order valence-corrected chi connectivity index (χ2v) is 8.14. The van der Waals surface area contributed by atoms with Crippen LogP contribution in [-0.4, -0.2) is 27.2 Å². The number of hydrazone groups is 1. The molecule has 0 spiro atoms. The number of nitro groups is 1. The summed E-state index contributed by atoms with van der Waals surface area (Å²) in [5, 5.41) is 21.8. The quantitative estimate of drug-likeness (QED) is 0.464. The topological polar surface area (TPSA) is 113 Å². The number of carbonyl (C=O) groups excluding carboxylic acids is 1. The minimum Gasteiger partial charge on any atom is -0.401 e. The third kappa shape index (κ3) is 4.28. The van der Waals surface area contributed by atoms with Crippen LogP contribution in [0.1, 0.15) is 11.3 Å². The van der Waals surface area contributed by atoms with Gasteiger partial charge in [0, 0.05) is 11.0 Å². The number of nitrogens with zero attached hydrogens (tertiary/aromatic N) is 4. The van der Waals surface area contributed by atoms with Crippen molar-refractivity contribution in [1.29, 1.82) is 0 Å². The van der Waals surface area contributed by atoms with Crippen molar-refractivity contribution in [1.82, 2.24) is 10.3 Å². The minimum absolute atomic E-state index is 0.269. The smallest absolute Gasteiger partial charge is 0.401 e. The van der Waals surface area contributed by atoms with E-state index < -0.39 is 11.1 Å². The first-order valence-electron chi connectivity index (χ1n) is 10.0. The Morgan fingerprint density at radius 3 is 2.70 bits per heavy atom. The Hall–Kier alpha value is -4.18. The first kappa shape index (κ1) is 20.7. The van der Waals surface area contributed by atoms with Crippen molar-refractivity contribution in [3.8, 4) is 0 Å². The van der Waals surface area contributed by atoms with E-state index in [0.717, 1.165) is 5.56 Å². The van der Waals surface area contributed by atoms with E-state index in [0.29, 0.717) is 33.0 Å². The van der Waals surface area contributed by atoms with Crippen LogP contribution in [0.3, 0.4) is 0 Å². The Labute approximate surface area is 192 Å². The monoisotopic (exact) mass is 459 g/mol. The second-order valence-electron chi connectivity index (χ2n) is 7.18. The maximum atomic E-state index is 13.1. The summed E-state index contributed by atoms with van der Waals surface area (Å²) in [6, 6.07) is 20.0. The zero-order valence-electron chi connectivity index (χ0n) is 17.1. The average Bonchev–Trinajstić information content (AvgIpc) is 3.31. The molecule has 1 amide bonds. The molecule has 2 aliphatic heterocycles. The Balaban J connectivity index is 1.49. The van der Waals surface area contributed by atoms with E-state index in [4.69, 9.17) is 9.41 Å². The maximum absolute atomic E-state index is 13.1. The number of thioether (sulfide) groups is 1. The largest absolute Gasteiger partial charge is 0.433 e. The molecule has 0 aliphatic carbocycles. The molecule has 3 aromatic rings. The molecular weight excluding hydrogens is 442 g/mol. The highest BCUT2D eigenvalue weighted by Gasteiger charge is 2.32. The van der Waals surface area contributed by atoms with Crippen LogP contribution in [0.15, 0.2) is 87.3 Å². The maximum Gasteiger partial charge on any atom is 0.433 e. The number of hydrogen-bond acceptors (Lipinski definition) is 8. The van der Waals surface area contributed by atoms with Gasteiger partial charge in [-0.2, -0.15) is 0 Å². The molecule has 1 atom stereocenters. The van der Waals surface area contributed by atoms with Crippen molar-refractivity contribution in [3.05, 3.63) is 105 Å². The van der Waals surface area contributed by atoms with Crippen LogP contribution in [0.2, 0.25) is 0 Å². The van der Waals surface area contributed by atoms with Crippen LogP contribution in [-0.2, 0) is 10.5 Å². The van der Waals surface area contributed by atoms with Crippen LogP contribution >= 0.6 is 11.8 Å². The highest BCUT2D eigenvalue weighted by Crippen LogP contribution is 2.24. The molecule has 5 rings (SSSR count). The Morgan fingerprint density at radius 2 is 1.91 bits per heavy atom. The van der Waals surface area contributed by atoms with Crippen LogP contribution in [0.4, 0.5) is 5.88 Å². The minimum atomic E-state index is -0.627. The third-order valence-corrected chi connectivity index (χ3v) is 5.92. The summed E-state index contributed by atoms with van der Waals surface area (Å²) in [4.78, 5) is 28.1. The number of nitrogens with one attached hydrogen (secondary N) is 1. The summed E-state index contributed by atoms with van der Waals surface area (Å²) in [6.07, 6.45) is 2.66. The van der Waals surface area contributed by atoms with Gasteiger partial charge in [-0.3, -0.25) is 25.2 Å². The van der Waals surface area contributed by atoms with E-state index in [-0.39, 0.29) is 11.8 Å². The molecule has 164 valence electrons. The van der Waals surface area contributed by atoms with Crippen molar-refractivity contribution in [2.24, 2.45) is 10.1 Å². The lowest BCUT2D eigenvalue weighted by atomic mass is 10.1. The van der Waals surface area contributed by atoms with Crippen molar-refractivity contribution in [2.75, 3.05) is 0 Å². The van der Waals surface area contributed by atoms with Gasteiger partial charge in [-0.1, -0.05) is 60.3 Å². The summed E-state index contributed by atoms with van der Waals surface area (Å²) < 4.78 is 5.20. The SMILES string of the molecule is O=C1NC(SCc2ccccc2)=NN2C1=c1ccccc1=N[C@H]2/C=C/c1ccc([N+](=O)[O-])o1. The molecule has 0 saturated heterocycles. The highest BCUT2D eigenvalue weighted by molar-refractivity contribution is 8.13. The molecule has 3 heterocycles. The normalized spacial score (nSPS) is 17.2. The number of para-hydroxylation sites is 1. The molecule has 0 fully saturated rings. The van der Waals surface area contributed by atoms with Gasteiger partial charge in [0.05, 0.1) is 11.4 Å². The van der Waals surface area contributed by atoms with E-state index in [9.17, 15) is 14.9 Å². The zero-order chi connectivity index (χ0) is 22.8. The number of amidine groups is 1. The molecule has 0 saturated carbocycles. The van der Waals surface area contributed by atoms with E-state index in [1.54, 1.807) is 17.2 Å². The summed E-state index contributed by atoms with van der Waals surface area (Å²) >= 11 is 1.42. The standard InChI is InChI=1S/C23H17N5O4S/c29-22-21-17-8-4-5-9-18(17)24-19(12-10-16-11-13-20(32-16)28(30)31)27(21)26-23(25-22)33-14-15-6-2-1-3-7-15/h1-13,19H,14H2,(H,25,26,29)/b12-10+/t19-/m1/s1. The molecule has 1 aromatic heterocycles. The van der Waals surface area contributed by atoms with Crippen molar-refractivity contribution in [3.63, 3.8) is 0 Å². The molecule has 0 unspecified atom stereocenters. The van der Waals surface area contributed by atoms with Crippen molar-refractivity contribution in [2.45, 2.75) is 11.9 Å². The Kier molecular flexibility index (Phi) is 5.49. The lowest BCUT2D eigenvalue weighted by molar-refractivity contribution is -0.402. The van der Waals surface area contributed by atoms with Gasteiger partial charge < -0.3 is 4.42 Å². The number of carbonyl (C=O) groups is 1. The van der Waals surface area contributed by atoms with Crippen molar-refractivity contribution < 1.29 is 14.1 Å². The summed E-state index contributed by atoms with van der Waals surface area (Å²) in [5.74, 6) is 0.340. The Bertz CT molecular complexity index is 1410. The fourth-order valence-corrected chi connectivity index (χ4v) is 4.29. The first-order valence-corrected chi connectivity index (χ1v) is 11.0. The zero-order valence-corrected chi connectivity index (χ0v) is 17.9. The van der Waals surface area contributed by atoms with Crippen molar-refractivity contribution >= 4 is 40.5 Å². The van der Waals surface area contributed by atoms with E-state index in [2.05, 4.69) is 10.4 Å². The fourth-order valence-electron chi connectivity index (χ4n) is 3.48. The number of fused-ring (bicyclic) bond motifs is 2. The molecule has 2 aliphatic rings. The fraction of sp³-hybridized carbons (Fsp3) is 0.0870. The number of furan rings is 1. The first-order chi connectivity index (χ1) is 16.1. The molecule has 2 aromatic carbocycles. The van der Waals surface area contributed by atoms with Gasteiger partial charge in [0.15, 0.2) is 11.3 Å². The van der Waals surface area contributed by atoms with E-state index in [1.165, 1.54) is 23.9 Å². The van der Waals surface area contributed by atoms with E-state index in [1.807, 2.05) is 54.6 Å². The number of amides is 1. The van der Waals surface area contributed by atoms with Crippen LogP contribution < -0.4 is 15.9 Å². The number of hydrogen-bond donors (Lipinski definition) is 1. The molecule has 1 N–H and O–H groups in total. The molecule has 0 bridgehead atoms. The molecule has 9 nitrogen and oxygen atoms in total. The lowest BCUT2D eigenvalue weighted by Gasteiger charge is -2.32. The average molecular weight is 459 g/mol. The molecule has 0 radical (unpaired) electrons. The predicted octanol–water partition coefficient (Wildman–Crippen LogP) is 2.60. The molecular formula is C23H17N5O4S. The van der Waals surface area contributed by atoms with Crippen LogP contribution in [0.5, 0.6) is 0 Å². The second kappa shape index (κ2) is 8.75. The van der Waals surface area contributed by atoms with Gasteiger partial charge in [0.2, 0.25) is 0 Å². The molecule has 33 heavy (non-hydrogen) atoms. The summed E-state index contributed by atoms with van der Waals surface area (Å²) in [6.45, 7) is 0. The molecule has 10 heteroatoms. The Morgan fingerprint density at radius 1 is 1.12 bits per heavy atom. The van der Waals surface area contributed by atoms with Gasteiger partial charge in [0.25, 0.3) is 5.91 Å². The summed E-state index contributed by atoms with van der Waals surface area (Å²) in [5.41, 5.74) is 1.50. The van der Waals surface area contributed by atoms with Gasteiger partial charge in [-0.05, 0) is 29.8 Å². The highest BCUT2D eigenvalue weighted by atomic mass is 32.2.